The Morgan fingerprint density at radius 3 is 2.59 bits per heavy atom. The first-order valence-corrected chi connectivity index (χ1v) is 11.3. The third-order valence-corrected chi connectivity index (χ3v) is 5.85. The van der Waals surface area contributed by atoms with Crippen LogP contribution in [0.5, 0.6) is 0 Å². The van der Waals surface area contributed by atoms with Crippen LogP contribution in [0.2, 0.25) is 5.02 Å². The van der Waals surface area contributed by atoms with Crippen molar-refractivity contribution in [3.63, 3.8) is 0 Å². The van der Waals surface area contributed by atoms with Crippen LogP contribution >= 0.6 is 11.6 Å². The molecular weight excluding hydrogens is 422 g/mol. The minimum atomic E-state index is -0.181. The second kappa shape index (κ2) is 11.0. The summed E-state index contributed by atoms with van der Waals surface area (Å²) in [6.45, 7) is 5.99. The maximum absolute atomic E-state index is 11.9. The number of carbonyl (C=O) groups is 1. The summed E-state index contributed by atoms with van der Waals surface area (Å²) in [4.78, 5) is 20.7. The summed E-state index contributed by atoms with van der Waals surface area (Å²) in [5.41, 5.74) is 11.6. The molecule has 168 valence electrons. The van der Waals surface area contributed by atoms with Gasteiger partial charge in [0.25, 0.3) is 0 Å². The molecule has 0 radical (unpaired) electrons. The number of anilines is 2. The Bertz CT molecular complexity index is 1070. The molecule has 2 aromatic carbocycles. The van der Waals surface area contributed by atoms with Crippen molar-refractivity contribution in [3.8, 4) is 11.3 Å². The van der Waals surface area contributed by atoms with Gasteiger partial charge in [-0.3, -0.25) is 0 Å². The van der Waals surface area contributed by atoms with E-state index >= 15 is 0 Å². The molecule has 1 heterocycles. The molecule has 1 aromatic heterocycles. The Labute approximate surface area is 194 Å². The molecule has 0 saturated heterocycles. The van der Waals surface area contributed by atoms with Gasteiger partial charge in [-0.1, -0.05) is 42.8 Å². The number of hydrogen-bond donors (Lipinski definition) is 3. The van der Waals surface area contributed by atoms with Gasteiger partial charge in [-0.05, 0) is 74.9 Å². The first-order valence-electron chi connectivity index (χ1n) is 10.9. The van der Waals surface area contributed by atoms with Gasteiger partial charge in [0, 0.05) is 28.0 Å². The molecule has 0 bridgehead atoms. The van der Waals surface area contributed by atoms with Crippen molar-refractivity contribution in [3.05, 3.63) is 70.4 Å². The van der Waals surface area contributed by atoms with Crippen molar-refractivity contribution in [1.82, 2.24) is 15.3 Å². The average molecular weight is 452 g/mol. The van der Waals surface area contributed by atoms with Crippen LogP contribution < -0.4 is 16.4 Å². The van der Waals surface area contributed by atoms with Gasteiger partial charge in [0.2, 0.25) is 5.95 Å². The van der Waals surface area contributed by atoms with Crippen LogP contribution in [0.15, 0.2) is 48.5 Å². The van der Waals surface area contributed by atoms with Crippen LogP contribution in [0.3, 0.4) is 0 Å². The number of amides is 2. The predicted octanol–water partition coefficient (Wildman–Crippen LogP) is 5.78. The molecule has 0 aliphatic heterocycles. The van der Waals surface area contributed by atoms with Crippen molar-refractivity contribution in [2.75, 3.05) is 11.1 Å². The minimum absolute atomic E-state index is 0.147. The quantitative estimate of drug-likeness (QED) is 0.404. The Morgan fingerprint density at radius 2 is 1.88 bits per heavy atom. The molecule has 0 spiro atoms. The lowest BCUT2D eigenvalue weighted by Gasteiger charge is -2.12. The summed E-state index contributed by atoms with van der Waals surface area (Å²) >= 11 is 6.26. The van der Waals surface area contributed by atoms with E-state index in [4.69, 9.17) is 17.3 Å². The van der Waals surface area contributed by atoms with E-state index in [0.717, 1.165) is 53.9 Å². The van der Waals surface area contributed by atoms with Gasteiger partial charge in [-0.25, -0.2) is 14.8 Å². The predicted molar refractivity (Wildman–Crippen MR) is 132 cm³/mol. The number of aromatic nitrogens is 2. The molecule has 1 atom stereocenters. The standard InChI is InChI=1S/C25H30ClN5O/c1-4-16(2)28-25(32)30-19-13-11-18(12-14-19)7-5-8-20-15-23(31-24(27)29-20)21-9-6-10-22(26)17(21)3/h6,9-16H,4-5,7-8H2,1-3H3,(H2,27,29,31)(H2,28,30,32). The fourth-order valence-electron chi connectivity index (χ4n) is 3.39. The summed E-state index contributed by atoms with van der Waals surface area (Å²) in [5.74, 6) is 0.267. The van der Waals surface area contributed by atoms with E-state index < -0.39 is 0 Å². The van der Waals surface area contributed by atoms with E-state index in [1.54, 1.807) is 0 Å². The van der Waals surface area contributed by atoms with Crippen molar-refractivity contribution >= 4 is 29.3 Å². The van der Waals surface area contributed by atoms with Crippen LogP contribution in [-0.4, -0.2) is 22.0 Å². The number of nitrogens with zero attached hydrogens (tertiary/aromatic N) is 2. The number of halogens is 1. The Kier molecular flexibility index (Phi) is 8.06. The van der Waals surface area contributed by atoms with Gasteiger partial charge in [0.15, 0.2) is 0 Å². The average Bonchev–Trinajstić information content (AvgIpc) is 2.76. The minimum Gasteiger partial charge on any atom is -0.368 e. The number of carbonyl (C=O) groups excluding carboxylic acids is 1. The molecule has 7 heteroatoms. The van der Waals surface area contributed by atoms with E-state index in [1.807, 2.05) is 69.3 Å². The number of nitrogens with two attached hydrogens (primary N) is 1. The van der Waals surface area contributed by atoms with Crippen LogP contribution in [-0.2, 0) is 12.8 Å². The highest BCUT2D eigenvalue weighted by Gasteiger charge is 2.10. The molecule has 2 amide bonds. The van der Waals surface area contributed by atoms with E-state index in [-0.39, 0.29) is 18.0 Å². The smallest absolute Gasteiger partial charge is 0.319 e. The second-order valence-corrected chi connectivity index (χ2v) is 8.38. The number of benzene rings is 2. The maximum Gasteiger partial charge on any atom is 0.319 e. The molecule has 0 aliphatic carbocycles. The summed E-state index contributed by atoms with van der Waals surface area (Å²) < 4.78 is 0. The highest BCUT2D eigenvalue weighted by Crippen LogP contribution is 2.28. The molecular formula is C25H30ClN5O. The molecule has 32 heavy (non-hydrogen) atoms. The van der Waals surface area contributed by atoms with Crippen molar-refractivity contribution in [2.45, 2.75) is 52.5 Å². The highest BCUT2D eigenvalue weighted by molar-refractivity contribution is 6.31. The SMILES string of the molecule is CCC(C)NC(=O)Nc1ccc(CCCc2cc(-c3cccc(Cl)c3C)nc(N)n2)cc1. The Hall–Kier alpha value is -3.12. The number of nitrogen functional groups attached to an aromatic ring is 1. The van der Waals surface area contributed by atoms with Crippen LogP contribution in [0.25, 0.3) is 11.3 Å². The molecule has 0 saturated carbocycles. The van der Waals surface area contributed by atoms with Gasteiger partial charge in [0.05, 0.1) is 5.69 Å². The highest BCUT2D eigenvalue weighted by atomic mass is 35.5. The number of urea groups is 1. The number of hydrogen-bond acceptors (Lipinski definition) is 4. The zero-order valence-electron chi connectivity index (χ0n) is 18.8. The van der Waals surface area contributed by atoms with Crippen LogP contribution in [0.4, 0.5) is 16.4 Å². The van der Waals surface area contributed by atoms with Crippen molar-refractivity contribution in [1.29, 1.82) is 0 Å². The van der Waals surface area contributed by atoms with Gasteiger partial charge in [-0.15, -0.1) is 0 Å². The zero-order chi connectivity index (χ0) is 23.1. The fraction of sp³-hybridized carbons (Fsp3) is 0.320. The maximum atomic E-state index is 11.9. The summed E-state index contributed by atoms with van der Waals surface area (Å²) in [6.07, 6.45) is 3.50. The molecule has 6 nitrogen and oxygen atoms in total. The van der Waals surface area contributed by atoms with Crippen LogP contribution in [0.1, 0.15) is 43.5 Å². The first kappa shape index (κ1) is 23.5. The molecule has 4 N–H and O–H groups in total. The third-order valence-electron chi connectivity index (χ3n) is 5.44. The Balaban J connectivity index is 1.58. The lowest BCUT2D eigenvalue weighted by atomic mass is 10.0. The molecule has 0 fully saturated rings. The Morgan fingerprint density at radius 1 is 1.12 bits per heavy atom. The number of nitrogens with one attached hydrogen (secondary N) is 2. The van der Waals surface area contributed by atoms with Gasteiger partial charge < -0.3 is 16.4 Å². The van der Waals surface area contributed by atoms with E-state index in [2.05, 4.69) is 20.6 Å². The largest absolute Gasteiger partial charge is 0.368 e. The zero-order valence-corrected chi connectivity index (χ0v) is 19.5. The monoisotopic (exact) mass is 451 g/mol. The summed E-state index contributed by atoms with van der Waals surface area (Å²) in [7, 11) is 0. The lowest BCUT2D eigenvalue weighted by Crippen LogP contribution is -2.35. The van der Waals surface area contributed by atoms with Crippen LogP contribution in [0, 0.1) is 6.92 Å². The van der Waals surface area contributed by atoms with Gasteiger partial charge >= 0.3 is 6.03 Å². The molecule has 3 rings (SSSR count). The second-order valence-electron chi connectivity index (χ2n) is 7.97. The number of aryl methyl sites for hydroxylation is 2. The first-order chi connectivity index (χ1) is 15.4. The summed E-state index contributed by atoms with van der Waals surface area (Å²) in [5, 5.41) is 6.46. The summed E-state index contributed by atoms with van der Waals surface area (Å²) in [6, 6.07) is 15.6. The van der Waals surface area contributed by atoms with E-state index in [9.17, 15) is 4.79 Å². The normalized spacial score (nSPS) is 11.8. The lowest BCUT2D eigenvalue weighted by molar-refractivity contribution is 0.249. The van der Waals surface area contributed by atoms with Crippen molar-refractivity contribution < 1.29 is 4.79 Å². The number of rotatable bonds is 8. The van der Waals surface area contributed by atoms with E-state index in [0.29, 0.717) is 5.02 Å². The topological polar surface area (TPSA) is 92.9 Å². The molecule has 0 aliphatic rings. The van der Waals surface area contributed by atoms with Crippen molar-refractivity contribution in [2.24, 2.45) is 0 Å². The molecule has 3 aromatic rings. The fourth-order valence-corrected chi connectivity index (χ4v) is 3.56. The van der Waals surface area contributed by atoms with Gasteiger partial charge in [0.1, 0.15) is 0 Å². The van der Waals surface area contributed by atoms with E-state index in [1.165, 1.54) is 5.56 Å². The third kappa shape index (κ3) is 6.44. The van der Waals surface area contributed by atoms with Gasteiger partial charge in [-0.2, -0.15) is 0 Å². The molecule has 1 unspecified atom stereocenters.